The van der Waals surface area contributed by atoms with E-state index < -0.39 is 0 Å². The molecule has 0 aliphatic heterocycles. The van der Waals surface area contributed by atoms with Crippen molar-refractivity contribution in [3.63, 3.8) is 0 Å². The predicted octanol–water partition coefficient (Wildman–Crippen LogP) is 6.47. The largest absolute Gasteiger partial charge is 0.490 e. The molecule has 0 aromatic heterocycles. The van der Waals surface area contributed by atoms with Gasteiger partial charge in [0.2, 0.25) is 0 Å². The Bertz CT molecular complexity index is 451. The lowest BCUT2D eigenvalue weighted by atomic mass is 10.1. The molecule has 0 aliphatic rings. The molecule has 0 radical (unpaired) electrons. The zero-order valence-electron chi connectivity index (χ0n) is 15.4. The second kappa shape index (κ2) is 12.0. The molecule has 0 saturated heterocycles. The van der Waals surface area contributed by atoms with E-state index >= 15 is 0 Å². The molecule has 1 atom stereocenters. The van der Waals surface area contributed by atoms with Gasteiger partial charge in [-0.15, -0.1) is 0 Å². The zero-order valence-corrected chi connectivity index (χ0v) is 15.4. The molecular formula is C21H34O2. The number of hydrogen-bond donors (Lipinski definition) is 0. The summed E-state index contributed by atoms with van der Waals surface area (Å²) in [5, 5.41) is 0. The summed E-state index contributed by atoms with van der Waals surface area (Å²) in [6.07, 6.45) is 13.0. The van der Waals surface area contributed by atoms with E-state index in [0.717, 1.165) is 30.8 Å². The van der Waals surface area contributed by atoms with Crippen LogP contribution in [-0.4, -0.2) is 12.7 Å². The molecule has 130 valence electrons. The number of ether oxygens (including phenoxy) is 2. The molecule has 1 unspecified atom stereocenters. The molecule has 0 amide bonds. The molecule has 1 rings (SSSR count). The quantitative estimate of drug-likeness (QED) is 0.325. The van der Waals surface area contributed by atoms with Crippen LogP contribution in [0.1, 0.15) is 71.3 Å². The molecule has 0 aliphatic carbocycles. The Morgan fingerprint density at radius 3 is 2.52 bits per heavy atom. The molecule has 2 nitrogen and oxygen atoms in total. The van der Waals surface area contributed by atoms with Gasteiger partial charge in [-0.2, -0.15) is 0 Å². The summed E-state index contributed by atoms with van der Waals surface area (Å²) in [6.45, 7) is 9.18. The fourth-order valence-corrected chi connectivity index (χ4v) is 2.60. The summed E-state index contributed by atoms with van der Waals surface area (Å²) in [7, 11) is 0. The van der Waals surface area contributed by atoms with Crippen molar-refractivity contribution in [3.8, 4) is 11.5 Å². The van der Waals surface area contributed by atoms with Crippen LogP contribution in [-0.2, 0) is 0 Å². The van der Waals surface area contributed by atoms with Crippen LogP contribution >= 0.6 is 0 Å². The summed E-state index contributed by atoms with van der Waals surface area (Å²) >= 11 is 0. The first kappa shape index (κ1) is 19.6. The van der Waals surface area contributed by atoms with Gasteiger partial charge in [0, 0.05) is 6.42 Å². The Morgan fingerprint density at radius 2 is 1.83 bits per heavy atom. The van der Waals surface area contributed by atoms with Crippen molar-refractivity contribution in [2.45, 2.75) is 78.7 Å². The van der Waals surface area contributed by atoms with Gasteiger partial charge in [-0.3, -0.25) is 0 Å². The average Bonchev–Trinajstić information content (AvgIpc) is 2.54. The van der Waals surface area contributed by atoms with E-state index in [9.17, 15) is 0 Å². The highest BCUT2D eigenvalue weighted by Gasteiger charge is 2.13. The summed E-state index contributed by atoms with van der Waals surface area (Å²) in [4.78, 5) is 0. The van der Waals surface area contributed by atoms with Crippen molar-refractivity contribution in [1.82, 2.24) is 0 Å². The molecule has 2 heteroatoms. The van der Waals surface area contributed by atoms with Gasteiger partial charge in [0.25, 0.3) is 0 Å². The first-order valence-corrected chi connectivity index (χ1v) is 9.26. The normalized spacial score (nSPS) is 12.5. The topological polar surface area (TPSA) is 18.5 Å². The summed E-state index contributed by atoms with van der Waals surface area (Å²) in [5.41, 5.74) is 1.21. The van der Waals surface area contributed by atoms with E-state index in [-0.39, 0.29) is 6.10 Å². The maximum absolute atomic E-state index is 6.33. The van der Waals surface area contributed by atoms with Crippen molar-refractivity contribution < 1.29 is 9.47 Å². The molecule has 0 N–H and O–H groups in total. The molecule has 0 saturated carbocycles. The fourth-order valence-electron chi connectivity index (χ4n) is 2.60. The maximum atomic E-state index is 6.33. The number of unbranched alkanes of at least 4 members (excludes halogenated alkanes) is 3. The van der Waals surface area contributed by atoms with E-state index in [1.807, 2.05) is 13.0 Å². The highest BCUT2D eigenvalue weighted by Crippen LogP contribution is 2.30. The number of benzene rings is 1. The van der Waals surface area contributed by atoms with Gasteiger partial charge in [-0.05, 0) is 50.8 Å². The van der Waals surface area contributed by atoms with E-state index in [4.69, 9.17) is 9.47 Å². The molecule has 23 heavy (non-hydrogen) atoms. The lowest BCUT2D eigenvalue weighted by Crippen LogP contribution is -2.16. The van der Waals surface area contributed by atoms with Crippen LogP contribution in [0, 0.1) is 6.92 Å². The smallest absolute Gasteiger partial charge is 0.161 e. The van der Waals surface area contributed by atoms with Gasteiger partial charge in [-0.1, -0.05) is 51.3 Å². The molecule has 0 spiro atoms. The second-order valence-electron chi connectivity index (χ2n) is 6.09. The van der Waals surface area contributed by atoms with Crippen LogP contribution in [0.15, 0.2) is 30.4 Å². The van der Waals surface area contributed by atoms with Crippen molar-refractivity contribution in [2.24, 2.45) is 0 Å². The van der Waals surface area contributed by atoms with Gasteiger partial charge in [0.15, 0.2) is 11.5 Å². The van der Waals surface area contributed by atoms with E-state index in [1.165, 1.54) is 31.2 Å². The molecular weight excluding hydrogens is 284 g/mol. The minimum Gasteiger partial charge on any atom is -0.490 e. The molecule has 0 fully saturated rings. The Hall–Kier alpha value is -1.44. The Labute approximate surface area is 142 Å². The molecule has 1 aromatic rings. The molecule has 0 bridgehead atoms. The number of hydrogen-bond acceptors (Lipinski definition) is 2. The van der Waals surface area contributed by atoms with E-state index in [0.29, 0.717) is 6.61 Å². The second-order valence-corrected chi connectivity index (χ2v) is 6.09. The minimum atomic E-state index is 0.232. The van der Waals surface area contributed by atoms with Gasteiger partial charge >= 0.3 is 0 Å². The average molecular weight is 319 g/mol. The monoisotopic (exact) mass is 318 g/mol. The SMILES string of the molecule is CCC=CCC(CCCCCC)Oc1cc(C)ccc1OCC. The number of allylic oxidation sites excluding steroid dienone is 1. The first-order valence-electron chi connectivity index (χ1n) is 9.26. The van der Waals surface area contributed by atoms with Crippen LogP contribution in [0.3, 0.4) is 0 Å². The van der Waals surface area contributed by atoms with Crippen LogP contribution in [0.2, 0.25) is 0 Å². The summed E-state index contributed by atoms with van der Waals surface area (Å²) < 4.78 is 12.0. The fraction of sp³-hybridized carbons (Fsp3) is 0.619. The first-order chi connectivity index (χ1) is 11.2. The highest BCUT2D eigenvalue weighted by molar-refractivity contribution is 5.42. The van der Waals surface area contributed by atoms with Crippen molar-refractivity contribution in [3.05, 3.63) is 35.9 Å². The van der Waals surface area contributed by atoms with Gasteiger partial charge < -0.3 is 9.47 Å². The maximum Gasteiger partial charge on any atom is 0.161 e. The Kier molecular flexibility index (Phi) is 10.3. The minimum absolute atomic E-state index is 0.232. The lowest BCUT2D eigenvalue weighted by molar-refractivity contribution is 0.179. The zero-order chi connectivity index (χ0) is 16.9. The number of aryl methyl sites for hydroxylation is 1. The van der Waals surface area contributed by atoms with Crippen molar-refractivity contribution in [2.75, 3.05) is 6.61 Å². The highest BCUT2D eigenvalue weighted by atomic mass is 16.5. The Balaban J connectivity index is 2.73. The third kappa shape index (κ3) is 8.11. The van der Waals surface area contributed by atoms with E-state index in [1.54, 1.807) is 0 Å². The summed E-state index contributed by atoms with van der Waals surface area (Å²) in [5.74, 6) is 1.74. The standard InChI is InChI=1S/C21H34O2/c1-5-8-10-12-14-19(13-11-9-6-2)23-21-17-18(4)15-16-20(21)22-7-3/h9,11,15-17,19H,5-8,10,12-14H2,1-4H3. The van der Waals surface area contributed by atoms with E-state index in [2.05, 4.69) is 45.1 Å². The van der Waals surface area contributed by atoms with Gasteiger partial charge in [0.1, 0.15) is 6.10 Å². The third-order valence-corrected chi connectivity index (χ3v) is 3.87. The van der Waals surface area contributed by atoms with Crippen LogP contribution < -0.4 is 9.47 Å². The molecule has 1 aromatic carbocycles. The number of rotatable bonds is 12. The molecule has 0 heterocycles. The lowest BCUT2D eigenvalue weighted by Gasteiger charge is -2.20. The summed E-state index contributed by atoms with van der Waals surface area (Å²) in [6, 6.07) is 6.18. The van der Waals surface area contributed by atoms with Gasteiger partial charge in [-0.25, -0.2) is 0 Å². The van der Waals surface area contributed by atoms with Crippen LogP contribution in [0.5, 0.6) is 11.5 Å². The van der Waals surface area contributed by atoms with Crippen molar-refractivity contribution in [1.29, 1.82) is 0 Å². The predicted molar refractivity (Wildman–Crippen MR) is 99.6 cm³/mol. The van der Waals surface area contributed by atoms with Crippen molar-refractivity contribution >= 4 is 0 Å². The third-order valence-electron chi connectivity index (χ3n) is 3.87. The Morgan fingerprint density at radius 1 is 1.00 bits per heavy atom. The van der Waals surface area contributed by atoms with Crippen LogP contribution in [0.25, 0.3) is 0 Å². The van der Waals surface area contributed by atoms with Crippen LogP contribution in [0.4, 0.5) is 0 Å². The van der Waals surface area contributed by atoms with Gasteiger partial charge in [0.05, 0.1) is 6.61 Å².